The average molecular weight is 393 g/mol. The van der Waals surface area contributed by atoms with Crippen LogP contribution in [0.4, 0.5) is 0 Å². The number of aryl methyl sites for hydroxylation is 2. The summed E-state index contributed by atoms with van der Waals surface area (Å²) < 4.78 is 6.00. The highest BCUT2D eigenvalue weighted by Gasteiger charge is 2.30. The summed E-state index contributed by atoms with van der Waals surface area (Å²) in [6.07, 6.45) is 5.69. The predicted octanol–water partition coefficient (Wildman–Crippen LogP) is 3.99. The molecule has 2 aliphatic rings. The first kappa shape index (κ1) is 19.4. The Balaban J connectivity index is 1.56. The minimum Gasteiger partial charge on any atom is -0.455 e. The second kappa shape index (κ2) is 8.23. The van der Waals surface area contributed by atoms with Crippen LogP contribution in [0, 0.1) is 13.8 Å². The smallest absolute Gasteiger partial charge is 0.289 e. The van der Waals surface area contributed by atoms with Gasteiger partial charge in [-0.15, -0.1) is 0 Å². The number of benzene rings is 1. The minimum absolute atomic E-state index is 0.0281. The van der Waals surface area contributed by atoms with E-state index < -0.39 is 0 Å². The molecule has 1 aromatic heterocycles. The van der Waals surface area contributed by atoms with Crippen LogP contribution >= 0.6 is 0 Å². The van der Waals surface area contributed by atoms with Crippen LogP contribution in [0.25, 0.3) is 0 Å². The van der Waals surface area contributed by atoms with Gasteiger partial charge in [0.2, 0.25) is 0 Å². The van der Waals surface area contributed by atoms with Gasteiger partial charge >= 0.3 is 0 Å². The number of hydrogen-bond donors (Lipinski definition) is 1. The lowest BCUT2D eigenvalue weighted by Crippen LogP contribution is -2.35. The number of fused-ring (bicyclic) bond motifs is 1. The largest absolute Gasteiger partial charge is 0.455 e. The molecule has 0 unspecified atom stereocenters. The van der Waals surface area contributed by atoms with Crippen molar-refractivity contribution in [1.29, 1.82) is 0 Å². The van der Waals surface area contributed by atoms with Gasteiger partial charge in [-0.2, -0.15) is 5.10 Å². The molecule has 1 aromatic carbocycles. The Morgan fingerprint density at radius 1 is 1.00 bits per heavy atom. The summed E-state index contributed by atoms with van der Waals surface area (Å²) in [6, 6.07) is 7.38. The number of rotatable bonds is 3. The minimum atomic E-state index is -0.240. The molecule has 0 radical (unpaired) electrons. The number of carbonyl (C=O) groups is 2. The quantitative estimate of drug-likeness (QED) is 0.801. The highest BCUT2D eigenvalue weighted by Crippen LogP contribution is 2.31. The van der Waals surface area contributed by atoms with Gasteiger partial charge in [-0.3, -0.25) is 9.59 Å². The van der Waals surface area contributed by atoms with E-state index in [2.05, 4.69) is 10.5 Å². The van der Waals surface area contributed by atoms with E-state index in [0.717, 1.165) is 73.4 Å². The Hall–Kier alpha value is -2.89. The van der Waals surface area contributed by atoms with Gasteiger partial charge in [0.25, 0.3) is 11.8 Å². The van der Waals surface area contributed by atoms with Crippen LogP contribution in [-0.2, 0) is 6.42 Å². The van der Waals surface area contributed by atoms with E-state index in [9.17, 15) is 9.59 Å². The number of hydrazone groups is 1. The molecule has 2 aromatic rings. The summed E-state index contributed by atoms with van der Waals surface area (Å²) in [4.78, 5) is 27.2. The monoisotopic (exact) mass is 393 g/mol. The third-order valence-corrected chi connectivity index (χ3v) is 5.77. The Bertz CT molecular complexity index is 950. The molecule has 2 heterocycles. The zero-order valence-corrected chi connectivity index (χ0v) is 17.1. The van der Waals surface area contributed by atoms with Gasteiger partial charge in [0, 0.05) is 36.2 Å². The summed E-state index contributed by atoms with van der Waals surface area (Å²) in [5.41, 5.74) is 6.85. The second-order valence-electron chi connectivity index (χ2n) is 7.93. The Kier molecular flexibility index (Phi) is 5.51. The van der Waals surface area contributed by atoms with E-state index in [1.54, 1.807) is 12.1 Å². The molecule has 2 amide bonds. The fourth-order valence-electron chi connectivity index (χ4n) is 4.11. The lowest BCUT2D eigenvalue weighted by Gasteiger charge is -2.25. The molecular formula is C23H27N3O3. The second-order valence-corrected chi connectivity index (χ2v) is 7.93. The number of likely N-dealkylation sites (tertiary alicyclic amines) is 1. The highest BCUT2D eigenvalue weighted by atomic mass is 16.4. The molecule has 0 atom stereocenters. The van der Waals surface area contributed by atoms with Crippen molar-refractivity contribution in [2.24, 2.45) is 5.10 Å². The third-order valence-electron chi connectivity index (χ3n) is 5.77. The highest BCUT2D eigenvalue weighted by molar-refractivity contribution is 6.07. The van der Waals surface area contributed by atoms with Crippen LogP contribution < -0.4 is 5.43 Å². The molecule has 0 bridgehead atoms. The molecule has 29 heavy (non-hydrogen) atoms. The molecule has 152 valence electrons. The zero-order valence-electron chi connectivity index (χ0n) is 17.1. The van der Waals surface area contributed by atoms with Gasteiger partial charge in [-0.1, -0.05) is 17.7 Å². The van der Waals surface area contributed by atoms with Crippen LogP contribution in [0.3, 0.4) is 0 Å². The van der Waals surface area contributed by atoms with Gasteiger partial charge in [-0.25, -0.2) is 5.43 Å². The van der Waals surface area contributed by atoms with Gasteiger partial charge in [0.05, 0.1) is 5.71 Å². The van der Waals surface area contributed by atoms with Crippen LogP contribution in [-0.4, -0.2) is 35.5 Å². The third kappa shape index (κ3) is 3.97. The average Bonchev–Trinajstić information content (AvgIpc) is 3.10. The molecule has 1 aliphatic carbocycles. The molecule has 1 aliphatic heterocycles. The van der Waals surface area contributed by atoms with E-state index in [4.69, 9.17) is 4.42 Å². The predicted molar refractivity (Wildman–Crippen MR) is 111 cm³/mol. The summed E-state index contributed by atoms with van der Waals surface area (Å²) in [6.45, 7) is 5.48. The first-order valence-electron chi connectivity index (χ1n) is 10.4. The van der Waals surface area contributed by atoms with Crippen molar-refractivity contribution in [1.82, 2.24) is 10.3 Å². The van der Waals surface area contributed by atoms with Crippen molar-refractivity contribution < 1.29 is 14.0 Å². The van der Waals surface area contributed by atoms with Gasteiger partial charge in [0.15, 0.2) is 5.76 Å². The summed E-state index contributed by atoms with van der Waals surface area (Å²) in [5, 5.41) is 4.40. The van der Waals surface area contributed by atoms with Crippen molar-refractivity contribution >= 4 is 17.5 Å². The molecule has 0 spiro atoms. The number of hydrogen-bond acceptors (Lipinski definition) is 4. The molecule has 4 rings (SSSR count). The van der Waals surface area contributed by atoms with Crippen LogP contribution in [0.5, 0.6) is 0 Å². The molecule has 1 fully saturated rings. The van der Waals surface area contributed by atoms with Crippen molar-refractivity contribution in [3.63, 3.8) is 0 Å². The number of piperidine rings is 1. The van der Waals surface area contributed by atoms with E-state index in [-0.39, 0.29) is 11.8 Å². The molecule has 0 saturated carbocycles. The molecule has 1 N–H and O–H groups in total. The number of furan rings is 1. The topological polar surface area (TPSA) is 74.9 Å². The molecule has 6 nitrogen and oxygen atoms in total. The maximum Gasteiger partial charge on any atom is 0.289 e. The van der Waals surface area contributed by atoms with E-state index >= 15 is 0 Å². The van der Waals surface area contributed by atoms with Gasteiger partial charge in [-0.05, 0) is 58.1 Å². The standard InChI is InChI=1S/C23H27N3O3/c1-15-9-11-17(12-10-15)22(27)25-24-18-7-6-8-19-20(18)16(2)21(29-19)23(28)26-13-4-3-5-14-26/h9-12H,3-8,13-14H2,1-2H3,(H,25,27)/b24-18+. The number of carbonyl (C=O) groups excluding carboxylic acids is 2. The summed E-state index contributed by atoms with van der Waals surface area (Å²) in [7, 11) is 0. The Labute approximate surface area is 171 Å². The van der Waals surface area contributed by atoms with Gasteiger partial charge < -0.3 is 9.32 Å². The SMILES string of the molecule is Cc1ccc(C(=O)N/N=C2\CCCc3oc(C(=O)N4CCCCC4)c(C)c32)cc1. The van der Waals surface area contributed by atoms with Crippen molar-refractivity contribution in [2.75, 3.05) is 13.1 Å². The Morgan fingerprint density at radius 3 is 2.45 bits per heavy atom. The van der Waals surface area contributed by atoms with Gasteiger partial charge in [0.1, 0.15) is 5.76 Å². The fraction of sp³-hybridized carbons (Fsp3) is 0.435. The maximum atomic E-state index is 12.9. The van der Waals surface area contributed by atoms with Crippen molar-refractivity contribution in [2.45, 2.75) is 52.4 Å². The van der Waals surface area contributed by atoms with E-state index in [0.29, 0.717) is 11.3 Å². The summed E-state index contributed by atoms with van der Waals surface area (Å²) in [5.74, 6) is 0.962. The van der Waals surface area contributed by atoms with Crippen molar-refractivity contribution in [3.8, 4) is 0 Å². The van der Waals surface area contributed by atoms with Crippen LogP contribution in [0.15, 0.2) is 33.8 Å². The first-order chi connectivity index (χ1) is 14.0. The maximum absolute atomic E-state index is 12.9. The van der Waals surface area contributed by atoms with E-state index in [1.807, 2.05) is 30.9 Å². The number of nitrogens with one attached hydrogen (secondary N) is 1. The van der Waals surface area contributed by atoms with E-state index in [1.165, 1.54) is 6.42 Å². The lowest BCUT2D eigenvalue weighted by molar-refractivity contribution is 0.0689. The first-order valence-corrected chi connectivity index (χ1v) is 10.4. The molecular weight excluding hydrogens is 366 g/mol. The van der Waals surface area contributed by atoms with Crippen LogP contribution in [0.2, 0.25) is 0 Å². The van der Waals surface area contributed by atoms with Crippen LogP contribution in [0.1, 0.15) is 75.5 Å². The number of amides is 2. The zero-order chi connectivity index (χ0) is 20.4. The fourth-order valence-corrected chi connectivity index (χ4v) is 4.11. The number of nitrogens with zero attached hydrogens (tertiary/aromatic N) is 2. The molecule has 6 heteroatoms. The summed E-state index contributed by atoms with van der Waals surface area (Å²) >= 11 is 0. The normalized spacial score (nSPS) is 17.9. The Morgan fingerprint density at radius 2 is 1.72 bits per heavy atom. The molecule has 1 saturated heterocycles. The van der Waals surface area contributed by atoms with Crippen molar-refractivity contribution in [3.05, 3.63) is 58.0 Å². The lowest BCUT2D eigenvalue weighted by atomic mass is 9.93.